The molecule has 0 saturated heterocycles. The minimum atomic E-state index is -0.290. The minimum Gasteiger partial charge on any atom is -0.278 e. The smallest absolute Gasteiger partial charge is 0.163 e. The molecule has 0 unspecified atom stereocenters. The molecule has 6 heteroatoms. The SMILES string of the molecule is Cc1nn(C)c2c1nc(CCCl)n2-c1ccccc1F. The van der Waals surface area contributed by atoms with E-state index in [-0.39, 0.29) is 5.82 Å². The maximum atomic E-state index is 14.1. The molecule has 3 rings (SSSR count). The number of aromatic nitrogens is 4. The lowest BCUT2D eigenvalue weighted by atomic mass is 10.3. The summed E-state index contributed by atoms with van der Waals surface area (Å²) < 4.78 is 17.7. The normalized spacial score (nSPS) is 11.4. The average molecular weight is 293 g/mol. The van der Waals surface area contributed by atoms with Crippen molar-refractivity contribution in [2.45, 2.75) is 13.3 Å². The van der Waals surface area contributed by atoms with Crippen LogP contribution in [0.1, 0.15) is 11.5 Å². The van der Waals surface area contributed by atoms with Crippen LogP contribution in [0.25, 0.3) is 16.9 Å². The number of halogens is 2. The molecular formula is C14H14ClFN4. The van der Waals surface area contributed by atoms with Crippen LogP contribution >= 0.6 is 11.6 Å². The third-order valence-corrected chi connectivity index (χ3v) is 3.47. The van der Waals surface area contributed by atoms with Gasteiger partial charge in [0.1, 0.15) is 17.2 Å². The first kappa shape index (κ1) is 13.1. The van der Waals surface area contributed by atoms with Crippen molar-refractivity contribution in [3.63, 3.8) is 0 Å². The van der Waals surface area contributed by atoms with Gasteiger partial charge < -0.3 is 0 Å². The third-order valence-electron chi connectivity index (χ3n) is 3.28. The van der Waals surface area contributed by atoms with Crippen molar-refractivity contribution in [1.82, 2.24) is 19.3 Å². The zero-order valence-corrected chi connectivity index (χ0v) is 12.0. The number of fused-ring (bicyclic) bond motifs is 1. The van der Waals surface area contributed by atoms with Gasteiger partial charge in [-0.05, 0) is 19.1 Å². The van der Waals surface area contributed by atoms with E-state index in [2.05, 4.69) is 10.1 Å². The third kappa shape index (κ3) is 1.89. The summed E-state index contributed by atoms with van der Waals surface area (Å²) in [6, 6.07) is 6.64. The van der Waals surface area contributed by atoms with Gasteiger partial charge in [-0.15, -0.1) is 11.6 Å². The van der Waals surface area contributed by atoms with Gasteiger partial charge in [0.05, 0.1) is 11.4 Å². The quantitative estimate of drug-likeness (QED) is 0.696. The first-order valence-electron chi connectivity index (χ1n) is 6.35. The number of para-hydroxylation sites is 1. The zero-order valence-electron chi connectivity index (χ0n) is 11.3. The molecular weight excluding hydrogens is 279 g/mol. The van der Waals surface area contributed by atoms with Crippen LogP contribution in [0.3, 0.4) is 0 Å². The van der Waals surface area contributed by atoms with Gasteiger partial charge in [0, 0.05) is 19.3 Å². The average Bonchev–Trinajstić information content (AvgIpc) is 2.90. The Balaban J connectivity index is 2.37. The maximum absolute atomic E-state index is 14.1. The van der Waals surface area contributed by atoms with Gasteiger partial charge in [0.15, 0.2) is 5.65 Å². The molecule has 1 aromatic carbocycles. The molecule has 0 fully saturated rings. The molecule has 0 bridgehead atoms. The molecule has 20 heavy (non-hydrogen) atoms. The molecule has 0 atom stereocenters. The lowest BCUT2D eigenvalue weighted by Crippen LogP contribution is -2.07. The van der Waals surface area contributed by atoms with Crippen molar-refractivity contribution in [3.05, 3.63) is 41.6 Å². The van der Waals surface area contributed by atoms with Crippen LogP contribution in [0.5, 0.6) is 0 Å². The molecule has 2 aromatic heterocycles. The summed E-state index contributed by atoms with van der Waals surface area (Å²) in [5.74, 6) is 0.891. The van der Waals surface area contributed by atoms with Gasteiger partial charge >= 0.3 is 0 Å². The molecule has 0 amide bonds. The van der Waals surface area contributed by atoms with Crippen LogP contribution in [0.15, 0.2) is 24.3 Å². The highest BCUT2D eigenvalue weighted by molar-refractivity contribution is 6.17. The van der Waals surface area contributed by atoms with E-state index in [1.54, 1.807) is 27.4 Å². The second-order valence-corrected chi connectivity index (χ2v) is 5.01. The summed E-state index contributed by atoms with van der Waals surface area (Å²) >= 11 is 5.84. The summed E-state index contributed by atoms with van der Waals surface area (Å²) in [7, 11) is 1.83. The van der Waals surface area contributed by atoms with Gasteiger partial charge in [-0.25, -0.2) is 14.1 Å². The lowest BCUT2D eigenvalue weighted by molar-refractivity contribution is 0.614. The van der Waals surface area contributed by atoms with Gasteiger partial charge in [0.25, 0.3) is 0 Å². The molecule has 4 nitrogen and oxygen atoms in total. The van der Waals surface area contributed by atoms with E-state index in [0.717, 1.165) is 22.7 Å². The highest BCUT2D eigenvalue weighted by atomic mass is 35.5. The fourth-order valence-electron chi connectivity index (χ4n) is 2.46. The van der Waals surface area contributed by atoms with Crippen molar-refractivity contribution in [3.8, 4) is 5.69 Å². The monoisotopic (exact) mass is 292 g/mol. The van der Waals surface area contributed by atoms with Crippen LogP contribution in [0.4, 0.5) is 4.39 Å². The van der Waals surface area contributed by atoms with Crippen LogP contribution in [-0.4, -0.2) is 25.2 Å². The van der Waals surface area contributed by atoms with Crippen molar-refractivity contribution in [2.24, 2.45) is 7.05 Å². The molecule has 0 radical (unpaired) electrons. The Morgan fingerprint density at radius 2 is 2.05 bits per heavy atom. The molecule has 3 aromatic rings. The predicted octanol–water partition coefficient (Wildman–Crippen LogP) is 2.99. The van der Waals surface area contributed by atoms with Crippen molar-refractivity contribution >= 4 is 22.8 Å². The van der Waals surface area contributed by atoms with Gasteiger partial charge in [0.2, 0.25) is 0 Å². The van der Waals surface area contributed by atoms with Crippen molar-refractivity contribution in [2.75, 3.05) is 5.88 Å². The number of aryl methyl sites for hydroxylation is 3. The van der Waals surface area contributed by atoms with Crippen molar-refractivity contribution < 1.29 is 4.39 Å². The fraction of sp³-hybridized carbons (Fsp3) is 0.286. The van der Waals surface area contributed by atoms with Crippen LogP contribution in [-0.2, 0) is 13.5 Å². The first-order chi connectivity index (χ1) is 9.63. The second kappa shape index (κ2) is 4.90. The molecule has 0 spiro atoms. The highest BCUT2D eigenvalue weighted by Crippen LogP contribution is 2.25. The maximum Gasteiger partial charge on any atom is 0.163 e. The Kier molecular flexibility index (Phi) is 3.22. The first-order valence-corrected chi connectivity index (χ1v) is 6.88. The zero-order chi connectivity index (χ0) is 14.3. The molecule has 0 saturated carbocycles. The number of nitrogens with zero attached hydrogens (tertiary/aromatic N) is 4. The van der Waals surface area contributed by atoms with E-state index in [1.807, 2.05) is 14.0 Å². The van der Waals surface area contributed by atoms with Gasteiger partial charge in [-0.1, -0.05) is 12.1 Å². The molecule has 104 valence electrons. The number of imidazole rings is 1. The second-order valence-electron chi connectivity index (χ2n) is 4.64. The van der Waals surface area contributed by atoms with Gasteiger partial charge in [-0.3, -0.25) is 4.57 Å². The number of rotatable bonds is 3. The molecule has 0 aliphatic carbocycles. The minimum absolute atomic E-state index is 0.290. The molecule has 2 heterocycles. The predicted molar refractivity (Wildman–Crippen MR) is 77.0 cm³/mol. The topological polar surface area (TPSA) is 35.6 Å². The summed E-state index contributed by atoms with van der Waals surface area (Å²) in [5, 5.41) is 4.35. The standard InChI is InChI=1S/C14H14ClFN4/c1-9-13-14(19(2)18-9)20(12(17-13)7-8-15)11-6-4-3-5-10(11)16/h3-6H,7-8H2,1-2H3. The van der Waals surface area contributed by atoms with Crippen LogP contribution < -0.4 is 0 Å². The summed E-state index contributed by atoms with van der Waals surface area (Å²) in [4.78, 5) is 4.57. The van der Waals surface area contributed by atoms with Gasteiger partial charge in [-0.2, -0.15) is 5.10 Å². The summed E-state index contributed by atoms with van der Waals surface area (Å²) in [6.07, 6.45) is 0.573. The van der Waals surface area contributed by atoms with E-state index < -0.39 is 0 Å². The Hall–Kier alpha value is -1.88. The van der Waals surface area contributed by atoms with E-state index >= 15 is 0 Å². The Morgan fingerprint density at radius 3 is 2.75 bits per heavy atom. The van der Waals surface area contributed by atoms with E-state index in [9.17, 15) is 4.39 Å². The Labute approximate surface area is 120 Å². The van der Waals surface area contributed by atoms with Crippen LogP contribution in [0.2, 0.25) is 0 Å². The van der Waals surface area contributed by atoms with E-state index in [4.69, 9.17) is 11.6 Å². The van der Waals surface area contributed by atoms with Crippen molar-refractivity contribution in [1.29, 1.82) is 0 Å². The number of hydrogen-bond acceptors (Lipinski definition) is 2. The summed E-state index contributed by atoms with van der Waals surface area (Å²) in [5.41, 5.74) is 2.87. The Bertz CT molecular complexity index is 775. The molecule has 0 aliphatic heterocycles. The lowest BCUT2D eigenvalue weighted by Gasteiger charge is -2.09. The summed E-state index contributed by atoms with van der Waals surface area (Å²) in [6.45, 7) is 1.89. The van der Waals surface area contributed by atoms with Crippen LogP contribution in [0, 0.1) is 12.7 Å². The number of alkyl halides is 1. The molecule has 0 aliphatic rings. The van der Waals surface area contributed by atoms with E-state index in [1.165, 1.54) is 6.07 Å². The largest absolute Gasteiger partial charge is 0.278 e. The Morgan fingerprint density at radius 1 is 1.30 bits per heavy atom. The number of hydrogen-bond donors (Lipinski definition) is 0. The highest BCUT2D eigenvalue weighted by Gasteiger charge is 2.19. The van der Waals surface area contributed by atoms with E-state index in [0.29, 0.717) is 18.0 Å². The fourth-order valence-corrected chi connectivity index (χ4v) is 2.63. The molecule has 0 N–H and O–H groups in total. The number of benzene rings is 1.